The van der Waals surface area contributed by atoms with Gasteiger partial charge in [0.25, 0.3) is 0 Å². The Hall–Kier alpha value is -3.54. The first-order valence-electron chi connectivity index (χ1n) is 10.0. The number of nitrogens with one attached hydrogen (secondary N) is 1. The molecule has 0 atom stereocenters. The molecular formula is C24H21FN4O. The second kappa shape index (κ2) is 7.71. The number of hydrogen-bond donors (Lipinski definition) is 1. The first-order valence-corrected chi connectivity index (χ1v) is 10.0. The van der Waals surface area contributed by atoms with Crippen LogP contribution in [0.2, 0.25) is 0 Å². The van der Waals surface area contributed by atoms with E-state index in [1.54, 1.807) is 24.5 Å². The summed E-state index contributed by atoms with van der Waals surface area (Å²) < 4.78 is 20.7. The van der Waals surface area contributed by atoms with Gasteiger partial charge in [-0.05, 0) is 54.7 Å². The molecule has 150 valence electrons. The normalized spacial score (nSPS) is 13.4. The molecule has 5 nitrogen and oxygen atoms in total. The van der Waals surface area contributed by atoms with Crippen molar-refractivity contribution in [3.05, 3.63) is 66.7 Å². The zero-order chi connectivity index (χ0) is 20.5. The van der Waals surface area contributed by atoms with E-state index in [0.29, 0.717) is 41.0 Å². The van der Waals surface area contributed by atoms with Crippen LogP contribution in [0.4, 0.5) is 10.2 Å². The molecule has 1 N–H and O–H groups in total. The van der Waals surface area contributed by atoms with Crippen LogP contribution in [0.25, 0.3) is 33.4 Å². The van der Waals surface area contributed by atoms with E-state index in [1.165, 1.54) is 18.9 Å². The maximum absolute atomic E-state index is 14.5. The smallest absolute Gasteiger partial charge is 0.163 e. The molecule has 1 aliphatic rings. The lowest BCUT2D eigenvalue weighted by atomic mass is 10.0. The van der Waals surface area contributed by atoms with E-state index in [-0.39, 0.29) is 5.82 Å². The molecule has 6 heteroatoms. The predicted molar refractivity (Wildman–Crippen MR) is 116 cm³/mol. The van der Waals surface area contributed by atoms with E-state index in [4.69, 9.17) is 9.72 Å². The zero-order valence-corrected chi connectivity index (χ0v) is 16.6. The average Bonchev–Trinajstić information content (AvgIpc) is 3.62. The topological polar surface area (TPSA) is 59.9 Å². The number of hydrogen-bond acceptors (Lipinski definition) is 5. The van der Waals surface area contributed by atoms with Crippen molar-refractivity contribution in [1.29, 1.82) is 0 Å². The number of ether oxygens (including phenoxy) is 1. The summed E-state index contributed by atoms with van der Waals surface area (Å²) in [7, 11) is 1.81. The number of anilines is 1. The van der Waals surface area contributed by atoms with Gasteiger partial charge in [-0.1, -0.05) is 18.2 Å². The van der Waals surface area contributed by atoms with Crippen LogP contribution in [0.1, 0.15) is 12.8 Å². The van der Waals surface area contributed by atoms with Crippen molar-refractivity contribution in [3.8, 4) is 28.3 Å². The molecule has 1 saturated carbocycles. The highest BCUT2D eigenvalue weighted by molar-refractivity contribution is 5.97. The van der Waals surface area contributed by atoms with Crippen LogP contribution in [0, 0.1) is 11.7 Å². The van der Waals surface area contributed by atoms with Crippen LogP contribution in [0.5, 0.6) is 5.75 Å². The maximum Gasteiger partial charge on any atom is 0.163 e. The summed E-state index contributed by atoms with van der Waals surface area (Å²) in [5.74, 6) is 2.18. The van der Waals surface area contributed by atoms with Crippen molar-refractivity contribution in [1.82, 2.24) is 15.0 Å². The molecule has 0 radical (unpaired) electrons. The van der Waals surface area contributed by atoms with Crippen molar-refractivity contribution in [2.75, 3.05) is 19.0 Å². The Balaban J connectivity index is 1.72. The van der Waals surface area contributed by atoms with Crippen molar-refractivity contribution < 1.29 is 9.13 Å². The highest BCUT2D eigenvalue weighted by atomic mass is 19.1. The van der Waals surface area contributed by atoms with E-state index in [2.05, 4.69) is 15.3 Å². The molecule has 4 aromatic rings. The van der Waals surface area contributed by atoms with Gasteiger partial charge in [0.15, 0.2) is 5.82 Å². The molecule has 0 aliphatic heterocycles. The standard InChI is InChI=1S/C24H21FN4O/c1-26-24-19-11-17(18-6-2-3-7-20(18)25)12-21(30-14-15-8-9-15)22(19)28-23(29-24)16-5-4-10-27-13-16/h2-7,10-13,15H,8-9,14H2,1H3,(H,26,28,29). The molecule has 5 rings (SSSR count). The highest BCUT2D eigenvalue weighted by Crippen LogP contribution is 2.38. The molecule has 0 saturated heterocycles. The van der Waals surface area contributed by atoms with Gasteiger partial charge >= 0.3 is 0 Å². The van der Waals surface area contributed by atoms with E-state index in [1.807, 2.05) is 37.4 Å². The van der Waals surface area contributed by atoms with Crippen LogP contribution in [-0.2, 0) is 0 Å². The fraction of sp³-hybridized carbons (Fsp3) is 0.208. The fourth-order valence-electron chi connectivity index (χ4n) is 3.47. The Morgan fingerprint density at radius 3 is 2.67 bits per heavy atom. The van der Waals surface area contributed by atoms with E-state index in [9.17, 15) is 4.39 Å². The first kappa shape index (κ1) is 18.5. The van der Waals surface area contributed by atoms with Gasteiger partial charge in [-0.25, -0.2) is 14.4 Å². The Kier molecular flexibility index (Phi) is 4.75. The van der Waals surface area contributed by atoms with Crippen LogP contribution in [0.15, 0.2) is 60.9 Å². The number of aromatic nitrogens is 3. The Morgan fingerprint density at radius 2 is 1.93 bits per heavy atom. The van der Waals surface area contributed by atoms with Gasteiger partial charge in [0.05, 0.1) is 6.61 Å². The molecule has 30 heavy (non-hydrogen) atoms. The number of rotatable bonds is 6. The number of benzene rings is 2. The lowest BCUT2D eigenvalue weighted by molar-refractivity contribution is 0.303. The first-order chi connectivity index (χ1) is 14.7. The van der Waals surface area contributed by atoms with E-state index in [0.717, 1.165) is 16.5 Å². The molecule has 2 aromatic heterocycles. The van der Waals surface area contributed by atoms with Crippen LogP contribution in [-0.4, -0.2) is 28.6 Å². The van der Waals surface area contributed by atoms with Crippen molar-refractivity contribution in [3.63, 3.8) is 0 Å². The van der Waals surface area contributed by atoms with Crippen molar-refractivity contribution in [2.24, 2.45) is 5.92 Å². The molecular weight excluding hydrogens is 379 g/mol. The molecule has 0 unspecified atom stereocenters. The fourth-order valence-corrected chi connectivity index (χ4v) is 3.47. The molecule has 2 aromatic carbocycles. The van der Waals surface area contributed by atoms with Gasteiger partial charge in [0.1, 0.15) is 22.9 Å². The Morgan fingerprint density at radius 1 is 1.07 bits per heavy atom. The van der Waals surface area contributed by atoms with Gasteiger partial charge in [-0.15, -0.1) is 0 Å². The van der Waals surface area contributed by atoms with Crippen molar-refractivity contribution in [2.45, 2.75) is 12.8 Å². The zero-order valence-electron chi connectivity index (χ0n) is 16.6. The molecule has 0 spiro atoms. The number of pyridine rings is 1. The SMILES string of the molecule is CNc1nc(-c2cccnc2)nc2c(OCC3CC3)cc(-c3ccccc3F)cc12. The second-order valence-corrected chi connectivity index (χ2v) is 7.49. The minimum Gasteiger partial charge on any atom is -0.491 e. The van der Waals surface area contributed by atoms with Gasteiger partial charge < -0.3 is 10.1 Å². The number of nitrogens with zero attached hydrogens (tertiary/aromatic N) is 3. The summed E-state index contributed by atoms with van der Waals surface area (Å²) >= 11 is 0. The second-order valence-electron chi connectivity index (χ2n) is 7.49. The third-order valence-corrected chi connectivity index (χ3v) is 5.28. The summed E-state index contributed by atoms with van der Waals surface area (Å²) in [6.07, 6.45) is 5.82. The highest BCUT2D eigenvalue weighted by Gasteiger charge is 2.23. The minimum atomic E-state index is -0.274. The molecule has 2 heterocycles. The summed E-state index contributed by atoms with van der Waals surface area (Å²) in [6.45, 7) is 0.636. The van der Waals surface area contributed by atoms with Gasteiger partial charge in [0, 0.05) is 36.0 Å². The summed E-state index contributed by atoms with van der Waals surface area (Å²) in [5.41, 5.74) is 2.78. The maximum atomic E-state index is 14.5. The third-order valence-electron chi connectivity index (χ3n) is 5.28. The Labute approximate surface area is 174 Å². The van der Waals surface area contributed by atoms with Crippen LogP contribution in [0.3, 0.4) is 0 Å². The summed E-state index contributed by atoms with van der Waals surface area (Å²) in [6, 6.07) is 14.3. The van der Waals surface area contributed by atoms with Gasteiger partial charge in [-0.3, -0.25) is 4.98 Å². The van der Waals surface area contributed by atoms with Crippen LogP contribution < -0.4 is 10.1 Å². The monoisotopic (exact) mass is 400 g/mol. The van der Waals surface area contributed by atoms with Crippen molar-refractivity contribution >= 4 is 16.7 Å². The van der Waals surface area contributed by atoms with E-state index >= 15 is 0 Å². The van der Waals surface area contributed by atoms with Gasteiger partial charge in [-0.2, -0.15) is 0 Å². The molecule has 0 amide bonds. The van der Waals surface area contributed by atoms with Gasteiger partial charge in [0.2, 0.25) is 0 Å². The lowest BCUT2D eigenvalue weighted by Crippen LogP contribution is -2.04. The average molecular weight is 400 g/mol. The number of fused-ring (bicyclic) bond motifs is 1. The Bertz CT molecular complexity index is 1210. The van der Waals surface area contributed by atoms with E-state index < -0.39 is 0 Å². The summed E-state index contributed by atoms with van der Waals surface area (Å²) in [4.78, 5) is 13.7. The minimum absolute atomic E-state index is 0.274. The predicted octanol–water partition coefficient (Wildman–Crippen LogP) is 5.33. The largest absolute Gasteiger partial charge is 0.491 e. The third kappa shape index (κ3) is 3.56. The molecule has 0 bridgehead atoms. The van der Waals surface area contributed by atoms with Crippen LogP contribution >= 0.6 is 0 Å². The quantitative estimate of drug-likeness (QED) is 0.474. The summed E-state index contributed by atoms with van der Waals surface area (Å²) in [5, 5.41) is 3.95. The number of halogens is 1. The molecule has 1 fully saturated rings. The lowest BCUT2D eigenvalue weighted by Gasteiger charge is -2.15. The molecule has 1 aliphatic carbocycles.